The van der Waals surface area contributed by atoms with Crippen LogP contribution in [0.15, 0.2) is 0 Å². The quantitative estimate of drug-likeness (QED) is 0.819. The summed E-state index contributed by atoms with van der Waals surface area (Å²) >= 11 is 0. The Morgan fingerprint density at radius 1 is 1.18 bits per heavy atom. The molecule has 22 heavy (non-hydrogen) atoms. The fourth-order valence-corrected chi connectivity index (χ4v) is 3.89. The Labute approximate surface area is 136 Å². The van der Waals surface area contributed by atoms with Gasteiger partial charge in [0.2, 0.25) is 5.91 Å². The second-order valence-corrected chi connectivity index (χ2v) is 8.00. The van der Waals surface area contributed by atoms with Crippen LogP contribution in [0.3, 0.4) is 0 Å². The van der Waals surface area contributed by atoms with E-state index in [1.54, 1.807) is 0 Å². The molecule has 2 aliphatic rings. The lowest BCUT2D eigenvalue weighted by Gasteiger charge is -2.50. The highest BCUT2D eigenvalue weighted by molar-refractivity contribution is 5.77. The van der Waals surface area contributed by atoms with Gasteiger partial charge in [-0.3, -0.25) is 9.69 Å². The molecular weight excluding hydrogens is 274 g/mol. The molecule has 2 fully saturated rings. The van der Waals surface area contributed by atoms with Crippen LogP contribution in [-0.4, -0.2) is 60.0 Å². The first-order valence-electron chi connectivity index (χ1n) is 9.14. The number of likely N-dealkylation sites (N-methyl/N-ethyl adjacent to an activating group) is 1. The average molecular weight is 309 g/mol. The molecule has 0 aromatic heterocycles. The Hall–Kier alpha value is -0.610. The van der Waals surface area contributed by atoms with Gasteiger partial charge in [-0.1, -0.05) is 40.5 Å². The van der Waals surface area contributed by atoms with Crippen molar-refractivity contribution in [1.82, 2.24) is 15.1 Å². The van der Waals surface area contributed by atoms with E-state index in [1.165, 1.54) is 25.7 Å². The monoisotopic (exact) mass is 309 g/mol. The van der Waals surface area contributed by atoms with Gasteiger partial charge < -0.3 is 10.2 Å². The molecule has 0 aromatic carbocycles. The van der Waals surface area contributed by atoms with Gasteiger partial charge in [-0.15, -0.1) is 0 Å². The van der Waals surface area contributed by atoms with Gasteiger partial charge >= 0.3 is 0 Å². The van der Waals surface area contributed by atoms with Gasteiger partial charge in [-0.25, -0.2) is 0 Å². The molecule has 0 bridgehead atoms. The van der Waals surface area contributed by atoms with Crippen molar-refractivity contribution >= 4 is 5.91 Å². The third-order valence-corrected chi connectivity index (χ3v) is 5.17. The van der Waals surface area contributed by atoms with Crippen LogP contribution in [0.2, 0.25) is 0 Å². The third kappa shape index (κ3) is 4.45. The highest BCUT2D eigenvalue weighted by Gasteiger charge is 2.38. The van der Waals surface area contributed by atoms with Gasteiger partial charge in [0.15, 0.2) is 0 Å². The number of hydrogen-bond acceptors (Lipinski definition) is 3. The van der Waals surface area contributed by atoms with Gasteiger partial charge in [0.1, 0.15) is 0 Å². The number of nitrogens with zero attached hydrogens (tertiary/aromatic N) is 2. The van der Waals surface area contributed by atoms with E-state index in [4.69, 9.17) is 0 Å². The minimum absolute atomic E-state index is 0.333. The van der Waals surface area contributed by atoms with E-state index < -0.39 is 0 Å². The maximum atomic E-state index is 12.1. The first-order chi connectivity index (χ1) is 10.4. The maximum absolute atomic E-state index is 12.1. The van der Waals surface area contributed by atoms with Gasteiger partial charge in [-0.05, 0) is 25.8 Å². The van der Waals surface area contributed by atoms with Crippen LogP contribution < -0.4 is 5.32 Å². The topological polar surface area (TPSA) is 35.6 Å². The fourth-order valence-electron chi connectivity index (χ4n) is 3.89. The number of hydrogen-bond donors (Lipinski definition) is 1. The molecule has 0 radical (unpaired) electrons. The summed E-state index contributed by atoms with van der Waals surface area (Å²) in [6, 6.07) is 2.34. The van der Waals surface area contributed by atoms with Crippen molar-refractivity contribution in [2.24, 2.45) is 5.92 Å². The number of amides is 1. The third-order valence-electron chi connectivity index (χ3n) is 5.17. The maximum Gasteiger partial charge on any atom is 0.222 e. The van der Waals surface area contributed by atoms with Crippen molar-refractivity contribution < 1.29 is 4.79 Å². The molecule has 2 atom stereocenters. The zero-order chi connectivity index (χ0) is 16.3. The van der Waals surface area contributed by atoms with Crippen LogP contribution in [-0.2, 0) is 4.79 Å². The summed E-state index contributed by atoms with van der Waals surface area (Å²) in [6.07, 6.45) is 5.96. The fraction of sp³-hybridized carbons (Fsp3) is 0.944. The molecule has 128 valence electrons. The molecule has 4 heteroatoms. The molecule has 0 aromatic rings. The van der Waals surface area contributed by atoms with Crippen LogP contribution >= 0.6 is 0 Å². The first kappa shape index (κ1) is 17.7. The van der Waals surface area contributed by atoms with E-state index in [1.807, 2.05) is 4.90 Å². The molecule has 0 spiro atoms. The van der Waals surface area contributed by atoms with E-state index in [0.717, 1.165) is 13.1 Å². The largest absolute Gasteiger partial charge is 0.339 e. The van der Waals surface area contributed by atoms with Gasteiger partial charge in [0, 0.05) is 43.7 Å². The lowest BCUT2D eigenvalue weighted by atomic mass is 9.87. The first-order valence-corrected chi connectivity index (χ1v) is 9.14. The van der Waals surface area contributed by atoms with Crippen molar-refractivity contribution in [3.8, 4) is 0 Å². The second kappa shape index (κ2) is 7.78. The lowest BCUT2D eigenvalue weighted by molar-refractivity contribution is -0.140. The van der Waals surface area contributed by atoms with Crippen molar-refractivity contribution in [2.75, 3.05) is 20.1 Å². The Balaban J connectivity index is 1.84. The van der Waals surface area contributed by atoms with Gasteiger partial charge in [0.25, 0.3) is 0 Å². The van der Waals surface area contributed by atoms with Crippen molar-refractivity contribution in [3.05, 3.63) is 0 Å². The summed E-state index contributed by atoms with van der Waals surface area (Å²) in [5.74, 6) is 0.794. The molecule has 1 aliphatic heterocycles. The highest BCUT2D eigenvalue weighted by atomic mass is 16.2. The molecule has 1 amide bonds. The highest BCUT2D eigenvalue weighted by Crippen LogP contribution is 2.27. The molecular formula is C18H35N3O. The Kier molecular flexibility index (Phi) is 6.27. The minimum Gasteiger partial charge on any atom is -0.339 e. The van der Waals surface area contributed by atoms with Crippen LogP contribution in [0.1, 0.15) is 59.8 Å². The standard InChI is InChI=1S/C18H35N3O/c1-13(2)10-18(22)21-11-15(12-21)20(5)17-9-7-6-8-16(17)19-14(3)4/h13-17,19H,6-12H2,1-5H3/t16-,17-/m0/s1. The summed E-state index contributed by atoms with van der Waals surface area (Å²) < 4.78 is 0. The van der Waals surface area contributed by atoms with Crippen LogP contribution in [0.4, 0.5) is 0 Å². The molecule has 1 saturated carbocycles. The predicted molar refractivity (Wildman–Crippen MR) is 91.9 cm³/mol. The zero-order valence-corrected chi connectivity index (χ0v) is 15.1. The summed E-state index contributed by atoms with van der Waals surface area (Å²) in [6.45, 7) is 10.6. The summed E-state index contributed by atoms with van der Waals surface area (Å²) in [4.78, 5) is 16.7. The van der Waals surface area contributed by atoms with Gasteiger partial charge in [0.05, 0.1) is 0 Å². The number of carbonyl (C=O) groups excluding carboxylic acids is 1. The van der Waals surface area contributed by atoms with Crippen LogP contribution in [0.5, 0.6) is 0 Å². The summed E-state index contributed by atoms with van der Waals surface area (Å²) in [7, 11) is 2.26. The molecule has 4 nitrogen and oxygen atoms in total. The van der Waals surface area contributed by atoms with Crippen LogP contribution in [0, 0.1) is 5.92 Å². The Morgan fingerprint density at radius 2 is 1.82 bits per heavy atom. The van der Waals surface area contributed by atoms with E-state index >= 15 is 0 Å². The molecule has 1 aliphatic carbocycles. The number of carbonyl (C=O) groups is 1. The van der Waals surface area contributed by atoms with Crippen molar-refractivity contribution in [1.29, 1.82) is 0 Å². The van der Waals surface area contributed by atoms with E-state index in [0.29, 0.717) is 42.4 Å². The number of rotatable bonds is 6. The SMILES string of the molecule is CC(C)CC(=O)N1CC(N(C)[C@H]2CCCC[C@@H]2NC(C)C)C1. The summed E-state index contributed by atoms with van der Waals surface area (Å²) in [5.41, 5.74) is 0. The molecule has 2 rings (SSSR count). The predicted octanol–water partition coefficient (Wildman–Crippen LogP) is 2.48. The number of likely N-dealkylation sites (tertiary alicyclic amines) is 1. The van der Waals surface area contributed by atoms with Crippen molar-refractivity contribution in [2.45, 2.75) is 84.0 Å². The lowest BCUT2D eigenvalue weighted by Crippen LogP contribution is -2.65. The minimum atomic E-state index is 0.333. The molecule has 1 N–H and O–H groups in total. The normalized spacial score (nSPS) is 26.8. The van der Waals surface area contributed by atoms with E-state index in [9.17, 15) is 4.79 Å². The van der Waals surface area contributed by atoms with Crippen LogP contribution in [0.25, 0.3) is 0 Å². The molecule has 0 unspecified atom stereocenters. The average Bonchev–Trinajstić information content (AvgIpc) is 2.35. The smallest absolute Gasteiger partial charge is 0.222 e. The van der Waals surface area contributed by atoms with E-state index in [2.05, 4.69) is 45.0 Å². The van der Waals surface area contributed by atoms with Gasteiger partial charge in [-0.2, -0.15) is 0 Å². The van der Waals surface area contributed by atoms with Crippen molar-refractivity contribution in [3.63, 3.8) is 0 Å². The Morgan fingerprint density at radius 3 is 2.41 bits per heavy atom. The zero-order valence-electron chi connectivity index (χ0n) is 15.1. The molecule has 1 heterocycles. The second-order valence-electron chi connectivity index (χ2n) is 8.00. The molecule has 1 saturated heterocycles. The number of nitrogens with one attached hydrogen (secondary N) is 1. The summed E-state index contributed by atoms with van der Waals surface area (Å²) in [5, 5.41) is 3.75. The Bertz CT molecular complexity index is 363. The van der Waals surface area contributed by atoms with E-state index in [-0.39, 0.29) is 0 Å².